The Hall–Kier alpha value is -3.09. The lowest BCUT2D eigenvalue weighted by molar-refractivity contribution is 0.339. The molecule has 0 aliphatic carbocycles. The van der Waals surface area contributed by atoms with Gasteiger partial charge in [-0.1, -0.05) is 12.1 Å². The van der Waals surface area contributed by atoms with Crippen LogP contribution >= 0.6 is 0 Å². The minimum atomic E-state index is 0.00990. The largest absolute Gasteiger partial charge is 0.502 e. The Morgan fingerprint density at radius 3 is 2.27 bits per heavy atom. The van der Waals surface area contributed by atoms with Gasteiger partial charge >= 0.3 is 0 Å². The molecule has 0 radical (unpaired) electrons. The van der Waals surface area contributed by atoms with Gasteiger partial charge in [0.1, 0.15) is 0 Å². The molecule has 1 heterocycles. The third-order valence-corrected chi connectivity index (χ3v) is 5.70. The minimum absolute atomic E-state index is 0.00990. The summed E-state index contributed by atoms with van der Waals surface area (Å²) < 4.78 is 10.5. The van der Waals surface area contributed by atoms with Gasteiger partial charge < -0.3 is 29.7 Å². The molecule has 1 fully saturated rings. The van der Waals surface area contributed by atoms with Crippen LogP contribution in [0.5, 0.6) is 17.2 Å². The van der Waals surface area contributed by atoms with Gasteiger partial charge in [-0.2, -0.15) is 0 Å². The molecule has 0 amide bonds. The Morgan fingerprint density at radius 1 is 1.07 bits per heavy atom. The molecule has 0 atom stereocenters. The maximum absolute atomic E-state index is 10.1. The highest BCUT2D eigenvalue weighted by Gasteiger charge is 2.21. The van der Waals surface area contributed by atoms with E-state index >= 15 is 0 Å². The second-order valence-corrected chi connectivity index (χ2v) is 7.44. The highest BCUT2D eigenvalue weighted by atomic mass is 16.5. The van der Waals surface area contributed by atoms with Crippen LogP contribution in [0.4, 0.5) is 5.69 Å². The number of nitrogens with one attached hydrogen (secondary N) is 1. The van der Waals surface area contributed by atoms with Gasteiger partial charge in [-0.3, -0.25) is 4.99 Å². The van der Waals surface area contributed by atoms with Gasteiger partial charge in [-0.15, -0.1) is 0 Å². The summed E-state index contributed by atoms with van der Waals surface area (Å²) in [6.07, 6.45) is 0. The molecule has 0 unspecified atom stereocenters. The lowest BCUT2D eigenvalue weighted by atomic mass is 10.1. The van der Waals surface area contributed by atoms with E-state index in [9.17, 15) is 5.11 Å². The predicted octanol–water partition coefficient (Wildman–Crippen LogP) is 2.92. The van der Waals surface area contributed by atoms with Crippen LogP contribution in [0.1, 0.15) is 16.7 Å². The number of aromatic hydroxyl groups is 1. The van der Waals surface area contributed by atoms with Crippen molar-refractivity contribution in [2.45, 2.75) is 20.4 Å². The maximum Gasteiger partial charge on any atom is 0.200 e. The maximum atomic E-state index is 10.1. The standard InChI is InChI=1S/C23H32N4O3/c1-16-7-6-8-19(17(16)2)26-9-11-27(12-10-26)23(24-3)25-15-18-13-20(29-4)22(28)21(14-18)30-5/h6-8,13-14,28H,9-12,15H2,1-5H3,(H,24,25). The van der Waals surface area contributed by atoms with Crippen molar-refractivity contribution in [3.05, 3.63) is 47.0 Å². The number of phenols is 1. The summed E-state index contributed by atoms with van der Waals surface area (Å²) in [6.45, 7) is 8.60. The van der Waals surface area contributed by atoms with Crippen molar-refractivity contribution >= 4 is 11.6 Å². The second kappa shape index (κ2) is 9.61. The summed E-state index contributed by atoms with van der Waals surface area (Å²) in [5, 5.41) is 13.5. The average Bonchev–Trinajstić information content (AvgIpc) is 2.77. The van der Waals surface area contributed by atoms with E-state index in [1.807, 2.05) is 0 Å². The van der Waals surface area contributed by atoms with Crippen LogP contribution in [0.25, 0.3) is 0 Å². The Kier molecular flexibility index (Phi) is 6.92. The normalized spacial score (nSPS) is 14.6. The molecule has 1 saturated heterocycles. The predicted molar refractivity (Wildman–Crippen MR) is 121 cm³/mol. The van der Waals surface area contributed by atoms with Gasteiger partial charge in [0.2, 0.25) is 5.75 Å². The molecular weight excluding hydrogens is 380 g/mol. The molecule has 2 aromatic carbocycles. The summed E-state index contributed by atoms with van der Waals surface area (Å²) in [7, 11) is 4.86. The molecule has 1 aliphatic rings. The molecule has 2 aromatic rings. The van der Waals surface area contributed by atoms with Gasteiger partial charge in [0.05, 0.1) is 14.2 Å². The van der Waals surface area contributed by atoms with E-state index in [4.69, 9.17) is 9.47 Å². The third-order valence-electron chi connectivity index (χ3n) is 5.70. The van der Waals surface area contributed by atoms with Gasteiger partial charge in [0.15, 0.2) is 17.5 Å². The average molecular weight is 413 g/mol. The lowest BCUT2D eigenvalue weighted by Gasteiger charge is -2.38. The van der Waals surface area contributed by atoms with Crippen LogP contribution in [0, 0.1) is 13.8 Å². The zero-order valence-corrected chi connectivity index (χ0v) is 18.5. The number of rotatable bonds is 5. The molecule has 0 aromatic heterocycles. The second-order valence-electron chi connectivity index (χ2n) is 7.44. The van der Waals surface area contributed by atoms with Crippen molar-refractivity contribution in [1.82, 2.24) is 10.2 Å². The molecule has 0 saturated carbocycles. The SMILES string of the molecule is CN=C(NCc1cc(OC)c(O)c(OC)c1)N1CCN(c2cccc(C)c2C)CC1. The molecule has 3 rings (SSSR count). The fourth-order valence-corrected chi connectivity index (χ4v) is 3.80. The van der Waals surface area contributed by atoms with E-state index in [1.54, 1.807) is 19.2 Å². The number of methoxy groups -OCH3 is 2. The van der Waals surface area contributed by atoms with Gasteiger partial charge in [-0.05, 0) is 48.7 Å². The van der Waals surface area contributed by atoms with Gasteiger partial charge in [0.25, 0.3) is 0 Å². The summed E-state index contributed by atoms with van der Waals surface area (Å²) in [5.74, 6) is 1.66. The van der Waals surface area contributed by atoms with Crippen molar-refractivity contribution in [2.75, 3.05) is 52.3 Å². The molecule has 0 spiro atoms. The number of hydrogen-bond acceptors (Lipinski definition) is 5. The van der Waals surface area contributed by atoms with Gasteiger partial charge in [-0.25, -0.2) is 0 Å². The summed E-state index contributed by atoms with van der Waals surface area (Å²) in [5.41, 5.74) is 4.94. The highest BCUT2D eigenvalue weighted by molar-refractivity contribution is 5.80. The van der Waals surface area contributed by atoms with E-state index in [0.29, 0.717) is 18.0 Å². The number of piperazine rings is 1. The Labute approximate surface area is 178 Å². The number of nitrogens with zero attached hydrogens (tertiary/aromatic N) is 3. The molecule has 162 valence electrons. The van der Waals surface area contributed by atoms with Crippen LogP contribution in [-0.2, 0) is 6.54 Å². The Balaban J connectivity index is 1.62. The first-order chi connectivity index (χ1) is 14.5. The van der Waals surface area contributed by atoms with Crippen molar-refractivity contribution in [1.29, 1.82) is 0 Å². The fourth-order valence-electron chi connectivity index (χ4n) is 3.80. The summed E-state index contributed by atoms with van der Waals surface area (Å²) >= 11 is 0. The van der Waals surface area contributed by atoms with Crippen LogP contribution in [0.3, 0.4) is 0 Å². The van der Waals surface area contributed by atoms with E-state index in [1.165, 1.54) is 31.0 Å². The van der Waals surface area contributed by atoms with Gasteiger partial charge in [0, 0.05) is 45.5 Å². The molecule has 0 bridgehead atoms. The monoisotopic (exact) mass is 412 g/mol. The highest BCUT2D eigenvalue weighted by Crippen LogP contribution is 2.37. The zero-order chi connectivity index (χ0) is 21.7. The quantitative estimate of drug-likeness (QED) is 0.581. The van der Waals surface area contributed by atoms with Crippen LogP contribution in [0.15, 0.2) is 35.3 Å². The van der Waals surface area contributed by atoms with E-state index in [-0.39, 0.29) is 5.75 Å². The number of aryl methyl sites for hydroxylation is 1. The summed E-state index contributed by atoms with van der Waals surface area (Å²) in [6, 6.07) is 10.1. The Morgan fingerprint density at radius 2 is 1.70 bits per heavy atom. The molecule has 30 heavy (non-hydrogen) atoms. The molecule has 7 nitrogen and oxygen atoms in total. The number of hydrogen-bond donors (Lipinski definition) is 2. The first kappa shape index (κ1) is 21.6. The van der Waals surface area contributed by atoms with Crippen LogP contribution in [0.2, 0.25) is 0 Å². The number of benzene rings is 2. The van der Waals surface area contributed by atoms with Crippen molar-refractivity contribution in [3.63, 3.8) is 0 Å². The first-order valence-electron chi connectivity index (χ1n) is 10.2. The molecule has 7 heteroatoms. The van der Waals surface area contributed by atoms with E-state index < -0.39 is 0 Å². The topological polar surface area (TPSA) is 69.6 Å². The fraction of sp³-hybridized carbons (Fsp3) is 0.435. The number of anilines is 1. The smallest absolute Gasteiger partial charge is 0.200 e. The Bertz CT molecular complexity index is 880. The number of aliphatic imine (C=N–C) groups is 1. The van der Waals surface area contributed by atoms with Crippen molar-refractivity contribution in [2.24, 2.45) is 4.99 Å². The lowest BCUT2D eigenvalue weighted by Crippen LogP contribution is -2.52. The van der Waals surface area contributed by atoms with Crippen LogP contribution in [-0.4, -0.2) is 63.4 Å². The minimum Gasteiger partial charge on any atom is -0.502 e. The zero-order valence-electron chi connectivity index (χ0n) is 18.5. The molecular formula is C23H32N4O3. The molecule has 2 N–H and O–H groups in total. The number of guanidine groups is 1. The number of phenolic OH excluding ortho intramolecular Hbond substituents is 1. The molecule has 1 aliphatic heterocycles. The van der Waals surface area contributed by atoms with E-state index in [0.717, 1.165) is 37.7 Å². The summed E-state index contributed by atoms with van der Waals surface area (Å²) in [4.78, 5) is 9.18. The first-order valence-corrected chi connectivity index (χ1v) is 10.2. The van der Waals surface area contributed by atoms with Crippen molar-refractivity contribution < 1.29 is 14.6 Å². The number of ether oxygens (including phenoxy) is 2. The third kappa shape index (κ3) is 4.56. The van der Waals surface area contributed by atoms with Crippen molar-refractivity contribution in [3.8, 4) is 17.2 Å². The van der Waals surface area contributed by atoms with E-state index in [2.05, 4.69) is 52.2 Å². The van der Waals surface area contributed by atoms with Crippen LogP contribution < -0.4 is 19.7 Å².